The molecule has 164 valence electrons. The average Bonchev–Trinajstić information content (AvgIpc) is 2.81. The lowest BCUT2D eigenvalue weighted by molar-refractivity contribution is -0.135. The molecule has 2 unspecified atom stereocenters. The van der Waals surface area contributed by atoms with Crippen LogP contribution in [0.15, 0.2) is 69.1 Å². The van der Waals surface area contributed by atoms with Crippen LogP contribution in [0.3, 0.4) is 0 Å². The summed E-state index contributed by atoms with van der Waals surface area (Å²) in [5.41, 5.74) is 0.778. The molecule has 0 spiro atoms. The summed E-state index contributed by atoms with van der Waals surface area (Å²) in [6.07, 6.45) is 5.49. The van der Waals surface area contributed by atoms with E-state index < -0.39 is 16.1 Å². The van der Waals surface area contributed by atoms with Gasteiger partial charge in [-0.05, 0) is 49.6 Å². The van der Waals surface area contributed by atoms with E-state index in [9.17, 15) is 13.2 Å². The van der Waals surface area contributed by atoms with Crippen molar-refractivity contribution in [3.8, 4) is 0 Å². The molecule has 2 saturated heterocycles. The summed E-state index contributed by atoms with van der Waals surface area (Å²) in [6, 6.07) is 9.51. The molecule has 1 amide bonds. The zero-order chi connectivity index (χ0) is 22.2. The van der Waals surface area contributed by atoms with Crippen LogP contribution >= 0.6 is 31.9 Å². The number of carbonyl (C=O) groups is 1. The Hall–Kier alpha value is -1.55. The second-order valence-electron chi connectivity index (χ2n) is 7.89. The van der Waals surface area contributed by atoms with Crippen molar-refractivity contribution in [2.24, 2.45) is 5.92 Å². The van der Waals surface area contributed by atoms with Gasteiger partial charge in [0.1, 0.15) is 6.04 Å². The molecule has 2 aliphatic heterocycles. The second-order valence-corrected chi connectivity index (χ2v) is 11.6. The lowest BCUT2D eigenvalue weighted by atomic mass is 9.90. The van der Waals surface area contributed by atoms with Crippen LogP contribution in [-0.2, 0) is 21.4 Å². The molecule has 0 N–H and O–H groups in total. The minimum atomic E-state index is -3.90. The fourth-order valence-electron chi connectivity index (χ4n) is 4.52. The van der Waals surface area contributed by atoms with Gasteiger partial charge in [0.15, 0.2) is 0 Å². The van der Waals surface area contributed by atoms with Gasteiger partial charge in [-0.25, -0.2) is 8.42 Å². The average molecular weight is 569 g/mol. The zero-order valence-corrected chi connectivity index (χ0v) is 20.8. The summed E-state index contributed by atoms with van der Waals surface area (Å²) in [5, 5.41) is 0. The van der Waals surface area contributed by atoms with Crippen molar-refractivity contribution in [2.75, 3.05) is 6.54 Å². The lowest BCUT2D eigenvalue weighted by Gasteiger charge is -2.40. The summed E-state index contributed by atoms with van der Waals surface area (Å²) in [6.45, 7) is 4.74. The van der Waals surface area contributed by atoms with Crippen LogP contribution in [0, 0.1) is 5.92 Å². The SMILES string of the molecule is C=C[C@H]1CN(Cc2ccccn2)C(=O)C2CCCC1N2S(=O)(=O)c1cc(Br)cc(Br)c1. The second kappa shape index (κ2) is 9.13. The number of benzene rings is 1. The molecule has 0 aliphatic carbocycles. The van der Waals surface area contributed by atoms with Gasteiger partial charge in [-0.2, -0.15) is 4.31 Å². The Morgan fingerprint density at radius 2 is 1.90 bits per heavy atom. The smallest absolute Gasteiger partial charge is 0.244 e. The van der Waals surface area contributed by atoms with Crippen LogP contribution in [0.2, 0.25) is 0 Å². The Labute approximate surface area is 199 Å². The van der Waals surface area contributed by atoms with Crippen molar-refractivity contribution in [3.63, 3.8) is 0 Å². The zero-order valence-electron chi connectivity index (χ0n) is 16.8. The number of rotatable bonds is 5. The largest absolute Gasteiger partial charge is 0.335 e. The first-order valence-electron chi connectivity index (χ1n) is 10.1. The molecule has 3 atom stereocenters. The maximum atomic E-state index is 13.8. The Morgan fingerprint density at radius 3 is 2.55 bits per heavy atom. The molecule has 2 aliphatic rings. The molecule has 4 rings (SSSR count). The van der Waals surface area contributed by atoms with E-state index in [0.717, 1.165) is 12.1 Å². The molecule has 9 heteroatoms. The van der Waals surface area contributed by atoms with Gasteiger partial charge in [-0.1, -0.05) is 44.0 Å². The number of pyridine rings is 1. The number of carbonyl (C=O) groups excluding carboxylic acids is 1. The number of hydrogen-bond acceptors (Lipinski definition) is 4. The van der Waals surface area contributed by atoms with E-state index in [0.29, 0.717) is 34.9 Å². The first kappa shape index (κ1) is 22.6. The maximum Gasteiger partial charge on any atom is 0.244 e. The summed E-state index contributed by atoms with van der Waals surface area (Å²) in [4.78, 5) is 19.8. The van der Waals surface area contributed by atoms with Crippen molar-refractivity contribution in [1.82, 2.24) is 14.2 Å². The molecule has 0 saturated carbocycles. The molecule has 31 heavy (non-hydrogen) atoms. The first-order valence-corrected chi connectivity index (χ1v) is 13.1. The highest BCUT2D eigenvalue weighted by atomic mass is 79.9. The number of halogens is 2. The molecule has 1 aromatic heterocycles. The van der Waals surface area contributed by atoms with Crippen molar-refractivity contribution >= 4 is 47.8 Å². The number of hydrogen-bond donors (Lipinski definition) is 0. The highest BCUT2D eigenvalue weighted by Crippen LogP contribution is 2.38. The maximum absolute atomic E-state index is 13.8. The Kier molecular flexibility index (Phi) is 6.67. The van der Waals surface area contributed by atoms with Gasteiger partial charge in [0.2, 0.25) is 15.9 Å². The van der Waals surface area contributed by atoms with E-state index in [-0.39, 0.29) is 22.8 Å². The molecule has 1 aromatic carbocycles. The van der Waals surface area contributed by atoms with Crippen molar-refractivity contribution in [2.45, 2.75) is 42.8 Å². The van der Waals surface area contributed by atoms with Gasteiger partial charge in [0.25, 0.3) is 0 Å². The first-order chi connectivity index (χ1) is 14.8. The number of amides is 1. The van der Waals surface area contributed by atoms with Gasteiger partial charge in [-0.3, -0.25) is 9.78 Å². The third-order valence-corrected chi connectivity index (χ3v) is 8.75. The number of sulfonamides is 1. The van der Waals surface area contributed by atoms with E-state index in [4.69, 9.17) is 0 Å². The quantitative estimate of drug-likeness (QED) is 0.502. The highest BCUT2D eigenvalue weighted by molar-refractivity contribution is 9.11. The fourth-order valence-corrected chi connectivity index (χ4v) is 8.06. The van der Waals surface area contributed by atoms with Gasteiger partial charge >= 0.3 is 0 Å². The minimum Gasteiger partial charge on any atom is -0.335 e. The standard InChI is InChI=1S/C22H23Br2N3O3S/c1-2-15-13-26(14-18-6-3-4-9-25-18)22(28)21-8-5-7-20(15)27(21)31(29,30)19-11-16(23)10-17(24)12-19/h2-4,6,9-12,15,20-21H,1,5,7-8,13-14H2/t15-,20?,21?/m0/s1. The van der Waals surface area contributed by atoms with Gasteiger partial charge < -0.3 is 4.90 Å². The summed E-state index contributed by atoms with van der Waals surface area (Å²) >= 11 is 6.76. The summed E-state index contributed by atoms with van der Waals surface area (Å²) in [7, 11) is -3.90. The van der Waals surface area contributed by atoms with Crippen LogP contribution in [0.1, 0.15) is 25.0 Å². The Morgan fingerprint density at radius 1 is 1.16 bits per heavy atom. The van der Waals surface area contributed by atoms with Crippen LogP contribution in [-0.4, -0.2) is 47.1 Å². The van der Waals surface area contributed by atoms with Gasteiger partial charge in [-0.15, -0.1) is 6.58 Å². The predicted molar refractivity (Wildman–Crippen MR) is 126 cm³/mol. The van der Waals surface area contributed by atoms with Crippen LogP contribution in [0.4, 0.5) is 0 Å². The molecule has 3 heterocycles. The minimum absolute atomic E-state index is 0.164. The third-order valence-electron chi connectivity index (χ3n) is 5.93. The van der Waals surface area contributed by atoms with E-state index >= 15 is 0 Å². The van der Waals surface area contributed by atoms with Crippen LogP contribution < -0.4 is 0 Å². The van der Waals surface area contributed by atoms with E-state index in [1.54, 1.807) is 35.4 Å². The lowest BCUT2D eigenvalue weighted by Crippen LogP contribution is -2.54. The number of piperidine rings is 1. The Bertz CT molecular complexity index is 1070. The summed E-state index contributed by atoms with van der Waals surface area (Å²) in [5.74, 6) is -0.333. The molecule has 0 radical (unpaired) electrons. The predicted octanol–water partition coefficient (Wildman–Crippen LogP) is 4.36. The molecular formula is C22H23Br2N3O3S. The van der Waals surface area contributed by atoms with Gasteiger partial charge in [0, 0.05) is 33.6 Å². The normalized spacial score (nSPS) is 24.6. The number of aromatic nitrogens is 1. The molecule has 2 aromatic rings. The molecule has 2 fully saturated rings. The molecular weight excluding hydrogens is 546 g/mol. The number of nitrogens with zero attached hydrogens (tertiary/aromatic N) is 3. The number of fused-ring (bicyclic) bond motifs is 2. The fraction of sp³-hybridized carbons (Fsp3) is 0.364. The van der Waals surface area contributed by atoms with Crippen LogP contribution in [0.5, 0.6) is 0 Å². The monoisotopic (exact) mass is 567 g/mol. The van der Waals surface area contributed by atoms with Gasteiger partial charge in [0.05, 0.1) is 17.1 Å². The summed E-state index contributed by atoms with van der Waals surface area (Å²) < 4.78 is 30.4. The van der Waals surface area contributed by atoms with E-state index in [1.165, 1.54) is 4.31 Å². The molecule has 6 nitrogen and oxygen atoms in total. The van der Waals surface area contributed by atoms with Crippen LogP contribution in [0.25, 0.3) is 0 Å². The Balaban J connectivity index is 1.76. The third kappa shape index (κ3) is 4.51. The van der Waals surface area contributed by atoms with Crippen molar-refractivity contribution < 1.29 is 13.2 Å². The topological polar surface area (TPSA) is 70.6 Å². The molecule has 2 bridgehead atoms. The highest BCUT2D eigenvalue weighted by Gasteiger charge is 2.49. The van der Waals surface area contributed by atoms with E-state index in [1.807, 2.05) is 18.2 Å². The van der Waals surface area contributed by atoms with Crippen molar-refractivity contribution in [3.05, 3.63) is 69.9 Å². The van der Waals surface area contributed by atoms with Crippen molar-refractivity contribution in [1.29, 1.82) is 0 Å². The van der Waals surface area contributed by atoms with E-state index in [2.05, 4.69) is 43.4 Å².